The second-order valence-corrected chi connectivity index (χ2v) is 3.43. The van der Waals surface area contributed by atoms with Crippen molar-refractivity contribution in [2.45, 2.75) is 46.0 Å². The molecule has 3 nitrogen and oxygen atoms in total. The van der Waals surface area contributed by atoms with Gasteiger partial charge in [0.2, 0.25) is 0 Å². The highest BCUT2D eigenvalue weighted by Gasteiger charge is 1.92. The maximum absolute atomic E-state index is 8.47. The molecular weight excluding hydrogens is 168 g/mol. The Morgan fingerprint density at radius 2 is 1.62 bits per heavy atom. The van der Waals surface area contributed by atoms with E-state index in [0.29, 0.717) is 6.61 Å². The SMILES string of the molecule is CC(C)CCCCCCO.O=CO. The molecule has 0 radical (unpaired) electrons. The Morgan fingerprint density at radius 3 is 2.00 bits per heavy atom. The van der Waals surface area contributed by atoms with Crippen molar-refractivity contribution in [1.29, 1.82) is 0 Å². The van der Waals surface area contributed by atoms with Crippen LogP contribution in [0, 0.1) is 5.92 Å². The number of aliphatic hydroxyl groups is 1. The molecule has 0 aliphatic heterocycles. The van der Waals surface area contributed by atoms with Crippen molar-refractivity contribution in [3.63, 3.8) is 0 Å². The normalized spacial score (nSPS) is 9.23. The number of carbonyl (C=O) groups is 1. The molecule has 80 valence electrons. The molecule has 0 saturated carbocycles. The van der Waals surface area contributed by atoms with E-state index in [-0.39, 0.29) is 6.47 Å². The van der Waals surface area contributed by atoms with Crippen LogP contribution in [0.1, 0.15) is 46.0 Å². The zero-order valence-electron chi connectivity index (χ0n) is 8.70. The van der Waals surface area contributed by atoms with Crippen LogP contribution in [0.3, 0.4) is 0 Å². The van der Waals surface area contributed by atoms with Gasteiger partial charge in [-0.25, -0.2) is 0 Å². The van der Waals surface area contributed by atoms with Crippen LogP contribution in [0.25, 0.3) is 0 Å². The third kappa shape index (κ3) is 24.6. The fourth-order valence-electron chi connectivity index (χ4n) is 1.02. The predicted octanol–water partition coefficient (Wildman–Crippen LogP) is 2.29. The number of unbranched alkanes of at least 4 members (excludes halogenated alkanes) is 3. The van der Waals surface area contributed by atoms with Gasteiger partial charge in [0, 0.05) is 6.61 Å². The van der Waals surface area contributed by atoms with Crippen LogP contribution in [-0.4, -0.2) is 23.3 Å². The zero-order chi connectivity index (χ0) is 10.5. The van der Waals surface area contributed by atoms with Crippen LogP contribution < -0.4 is 0 Å². The molecule has 13 heavy (non-hydrogen) atoms. The molecule has 0 unspecified atom stereocenters. The summed E-state index contributed by atoms with van der Waals surface area (Å²) in [5.74, 6) is 0.842. The van der Waals surface area contributed by atoms with E-state index in [2.05, 4.69) is 13.8 Å². The summed E-state index contributed by atoms with van der Waals surface area (Å²) < 4.78 is 0. The average Bonchev–Trinajstić information content (AvgIpc) is 2.05. The number of hydrogen-bond acceptors (Lipinski definition) is 2. The lowest BCUT2D eigenvalue weighted by atomic mass is 10.0. The molecule has 0 aromatic heterocycles. The summed E-state index contributed by atoms with van der Waals surface area (Å²) in [5.41, 5.74) is 0. The quantitative estimate of drug-likeness (QED) is 0.499. The summed E-state index contributed by atoms with van der Waals surface area (Å²) >= 11 is 0. The first kappa shape index (κ1) is 14.9. The molecule has 0 amide bonds. The van der Waals surface area contributed by atoms with Gasteiger partial charge >= 0.3 is 0 Å². The van der Waals surface area contributed by atoms with Crippen molar-refractivity contribution in [3.05, 3.63) is 0 Å². The summed E-state index contributed by atoms with van der Waals surface area (Å²) in [6.07, 6.45) is 6.14. The molecule has 0 spiro atoms. The summed E-state index contributed by atoms with van der Waals surface area (Å²) in [6, 6.07) is 0. The largest absolute Gasteiger partial charge is 0.483 e. The number of carboxylic acid groups (broad SMARTS) is 1. The molecule has 0 aromatic rings. The molecule has 2 N–H and O–H groups in total. The van der Waals surface area contributed by atoms with E-state index in [1.54, 1.807) is 0 Å². The van der Waals surface area contributed by atoms with Gasteiger partial charge in [-0.1, -0.05) is 39.5 Å². The number of aliphatic hydroxyl groups excluding tert-OH is 1. The first-order chi connectivity index (χ1) is 6.18. The van der Waals surface area contributed by atoms with Crippen molar-refractivity contribution in [2.75, 3.05) is 6.61 Å². The highest BCUT2D eigenvalue weighted by Crippen LogP contribution is 2.08. The van der Waals surface area contributed by atoms with Gasteiger partial charge in [-0.05, 0) is 12.3 Å². The Kier molecular flexibility index (Phi) is 16.1. The van der Waals surface area contributed by atoms with Crippen molar-refractivity contribution < 1.29 is 15.0 Å². The van der Waals surface area contributed by atoms with Crippen LogP contribution >= 0.6 is 0 Å². The standard InChI is InChI=1S/C9H20O.CH2O2/c1-9(2)7-5-3-4-6-8-10;2-1-3/h9-10H,3-8H2,1-2H3;1H,(H,2,3). The van der Waals surface area contributed by atoms with Gasteiger partial charge < -0.3 is 10.2 Å². The molecule has 0 fully saturated rings. The van der Waals surface area contributed by atoms with E-state index in [0.717, 1.165) is 12.3 Å². The summed E-state index contributed by atoms with van der Waals surface area (Å²) in [6.45, 7) is 4.62. The molecule has 0 aliphatic rings. The zero-order valence-corrected chi connectivity index (χ0v) is 8.70. The Morgan fingerprint density at radius 1 is 1.15 bits per heavy atom. The fourth-order valence-corrected chi connectivity index (χ4v) is 1.02. The Hall–Kier alpha value is -0.570. The predicted molar refractivity (Wildman–Crippen MR) is 53.7 cm³/mol. The summed E-state index contributed by atoms with van der Waals surface area (Å²) in [5, 5.41) is 15.4. The van der Waals surface area contributed by atoms with Gasteiger partial charge in [-0.15, -0.1) is 0 Å². The monoisotopic (exact) mass is 190 g/mol. The van der Waals surface area contributed by atoms with Crippen LogP contribution in [-0.2, 0) is 4.79 Å². The lowest BCUT2D eigenvalue weighted by Gasteiger charge is -2.02. The van der Waals surface area contributed by atoms with Crippen molar-refractivity contribution in [1.82, 2.24) is 0 Å². The van der Waals surface area contributed by atoms with Gasteiger partial charge in [0.25, 0.3) is 6.47 Å². The first-order valence-electron chi connectivity index (χ1n) is 4.87. The maximum atomic E-state index is 8.47. The average molecular weight is 190 g/mol. The molecule has 3 heteroatoms. The molecule has 0 saturated heterocycles. The molecule has 0 bridgehead atoms. The van der Waals surface area contributed by atoms with E-state index < -0.39 is 0 Å². The maximum Gasteiger partial charge on any atom is 0.290 e. The van der Waals surface area contributed by atoms with E-state index >= 15 is 0 Å². The van der Waals surface area contributed by atoms with Gasteiger partial charge in [-0.3, -0.25) is 4.79 Å². The summed E-state index contributed by atoms with van der Waals surface area (Å²) in [7, 11) is 0. The fraction of sp³-hybridized carbons (Fsp3) is 0.900. The van der Waals surface area contributed by atoms with Crippen molar-refractivity contribution >= 4 is 6.47 Å². The number of rotatable bonds is 6. The van der Waals surface area contributed by atoms with Crippen molar-refractivity contribution in [3.8, 4) is 0 Å². The highest BCUT2D eigenvalue weighted by atomic mass is 16.3. The first-order valence-corrected chi connectivity index (χ1v) is 4.87. The van der Waals surface area contributed by atoms with Crippen LogP contribution in [0.2, 0.25) is 0 Å². The molecular formula is C10H22O3. The van der Waals surface area contributed by atoms with E-state index in [1.165, 1.54) is 25.7 Å². The van der Waals surface area contributed by atoms with Gasteiger partial charge in [-0.2, -0.15) is 0 Å². The minimum Gasteiger partial charge on any atom is -0.483 e. The van der Waals surface area contributed by atoms with Crippen LogP contribution in [0.4, 0.5) is 0 Å². The second-order valence-electron chi connectivity index (χ2n) is 3.43. The van der Waals surface area contributed by atoms with Crippen molar-refractivity contribution in [2.24, 2.45) is 5.92 Å². The van der Waals surface area contributed by atoms with Gasteiger partial charge in [0.15, 0.2) is 0 Å². The Balaban J connectivity index is 0. The molecule has 0 atom stereocenters. The Labute approximate surface area is 80.8 Å². The van der Waals surface area contributed by atoms with E-state index in [4.69, 9.17) is 15.0 Å². The Bertz CT molecular complexity index is 92.2. The van der Waals surface area contributed by atoms with Gasteiger partial charge in [0.05, 0.1) is 0 Å². The second kappa shape index (κ2) is 14.0. The van der Waals surface area contributed by atoms with Gasteiger partial charge in [0.1, 0.15) is 0 Å². The van der Waals surface area contributed by atoms with Crippen LogP contribution in [0.15, 0.2) is 0 Å². The van der Waals surface area contributed by atoms with E-state index in [9.17, 15) is 0 Å². The minimum atomic E-state index is -0.250. The minimum absolute atomic E-state index is 0.250. The van der Waals surface area contributed by atoms with Crippen LogP contribution in [0.5, 0.6) is 0 Å². The molecule has 0 aliphatic carbocycles. The number of hydrogen-bond donors (Lipinski definition) is 2. The molecule has 0 rings (SSSR count). The highest BCUT2D eigenvalue weighted by molar-refractivity contribution is 5.32. The lowest BCUT2D eigenvalue weighted by molar-refractivity contribution is -0.122. The molecule has 0 aromatic carbocycles. The van der Waals surface area contributed by atoms with E-state index in [1.807, 2.05) is 0 Å². The smallest absolute Gasteiger partial charge is 0.290 e. The lowest BCUT2D eigenvalue weighted by Crippen LogP contribution is -1.88. The topological polar surface area (TPSA) is 57.5 Å². The molecule has 0 heterocycles. The summed E-state index contributed by atoms with van der Waals surface area (Å²) in [4.78, 5) is 8.36. The third-order valence-corrected chi connectivity index (χ3v) is 1.69. The third-order valence-electron chi connectivity index (χ3n) is 1.69.